The largest absolute Gasteiger partial charge is 0.351 e. The van der Waals surface area contributed by atoms with Gasteiger partial charge in [0.05, 0.1) is 6.33 Å². The van der Waals surface area contributed by atoms with Gasteiger partial charge in [-0.25, -0.2) is 9.99 Å². The Balaban J connectivity index is 1.23. The first-order valence-corrected chi connectivity index (χ1v) is 15.0. The van der Waals surface area contributed by atoms with Crippen LogP contribution < -0.4 is 16.5 Å². The van der Waals surface area contributed by atoms with Gasteiger partial charge in [-0.15, -0.1) is 0 Å². The summed E-state index contributed by atoms with van der Waals surface area (Å²) in [7, 11) is 4.33. The van der Waals surface area contributed by atoms with Crippen LogP contribution >= 0.6 is 0 Å². The first-order valence-electron chi connectivity index (χ1n) is 15.0. The molecule has 5 rings (SSSR count). The molecule has 1 aliphatic heterocycles. The number of imidazole rings is 1. The number of fused-ring (bicyclic) bond motifs is 1. The van der Waals surface area contributed by atoms with Crippen molar-refractivity contribution in [2.24, 2.45) is 11.7 Å². The molecule has 2 aromatic rings. The molecule has 2 aliphatic carbocycles. The second-order valence-corrected chi connectivity index (χ2v) is 12.1. The number of hydrogen-bond acceptors (Lipinski definition) is 8. The third kappa shape index (κ3) is 7.12. The molecule has 2 saturated carbocycles. The van der Waals surface area contributed by atoms with Crippen molar-refractivity contribution in [3.8, 4) is 0 Å². The van der Waals surface area contributed by atoms with E-state index in [0.29, 0.717) is 18.1 Å². The maximum absolute atomic E-state index is 6.14. The molecule has 0 aromatic carbocycles. The number of rotatable bonds is 11. The van der Waals surface area contributed by atoms with Gasteiger partial charge in [-0.3, -0.25) is 0 Å². The standard InChI is InChI=1S/C28H49N9/c1-35(2)17-7-3-4-8-21-15-18-36(19-16-21)34-26-25-27(37(20-30-25)24-9-5-6-10-24)33-28(32-26)31-23-13-11-22(29)12-14-23/h20-24H,3-19,29H2,1-2H3,(H2,31,32,33,34)/t22-,23-. The number of piperidine rings is 1. The fourth-order valence-corrected chi connectivity index (χ4v) is 6.48. The Bertz CT molecular complexity index is 967. The first kappa shape index (κ1) is 26.6. The number of aromatic nitrogens is 4. The van der Waals surface area contributed by atoms with E-state index in [1.165, 1.54) is 70.8 Å². The zero-order chi connectivity index (χ0) is 25.6. The Hall–Kier alpha value is -1.97. The highest BCUT2D eigenvalue weighted by Gasteiger charge is 2.25. The number of unbranched alkanes of at least 4 members (excludes halogenated alkanes) is 2. The summed E-state index contributed by atoms with van der Waals surface area (Å²) < 4.78 is 2.31. The van der Waals surface area contributed by atoms with E-state index in [1.807, 2.05) is 6.33 Å². The maximum atomic E-state index is 6.14. The van der Waals surface area contributed by atoms with Gasteiger partial charge in [-0.05, 0) is 84.3 Å². The summed E-state index contributed by atoms with van der Waals surface area (Å²) >= 11 is 0. The lowest BCUT2D eigenvalue weighted by Gasteiger charge is -2.32. The molecule has 9 heteroatoms. The van der Waals surface area contributed by atoms with Crippen molar-refractivity contribution in [1.82, 2.24) is 29.4 Å². The Morgan fingerprint density at radius 1 is 0.946 bits per heavy atom. The summed E-state index contributed by atoms with van der Waals surface area (Å²) in [6.07, 6.45) is 19.2. The molecule has 3 heterocycles. The molecular weight excluding hydrogens is 462 g/mol. The Morgan fingerprint density at radius 3 is 2.43 bits per heavy atom. The Kier molecular flexibility index (Phi) is 9.15. The van der Waals surface area contributed by atoms with E-state index in [-0.39, 0.29) is 0 Å². The predicted molar refractivity (Wildman–Crippen MR) is 152 cm³/mol. The zero-order valence-electron chi connectivity index (χ0n) is 23.2. The monoisotopic (exact) mass is 511 g/mol. The van der Waals surface area contributed by atoms with E-state index in [9.17, 15) is 0 Å². The van der Waals surface area contributed by atoms with Crippen LogP contribution in [0.15, 0.2) is 6.33 Å². The van der Waals surface area contributed by atoms with E-state index in [1.54, 1.807) is 0 Å². The number of hydrazine groups is 1. The topological polar surface area (TPSA) is 100 Å². The third-order valence-electron chi connectivity index (χ3n) is 8.84. The second kappa shape index (κ2) is 12.7. The van der Waals surface area contributed by atoms with Crippen molar-refractivity contribution in [3.63, 3.8) is 0 Å². The average Bonchev–Trinajstić information content (AvgIpc) is 3.56. The zero-order valence-corrected chi connectivity index (χ0v) is 23.2. The summed E-state index contributed by atoms with van der Waals surface area (Å²) in [5.41, 5.74) is 11.7. The third-order valence-corrected chi connectivity index (χ3v) is 8.84. The van der Waals surface area contributed by atoms with E-state index >= 15 is 0 Å². The Labute approximate surface area is 222 Å². The van der Waals surface area contributed by atoms with Crippen molar-refractivity contribution in [3.05, 3.63) is 6.33 Å². The molecule has 2 aromatic heterocycles. The van der Waals surface area contributed by atoms with E-state index in [2.05, 4.69) is 39.3 Å². The van der Waals surface area contributed by atoms with Gasteiger partial charge in [0.2, 0.25) is 5.95 Å². The number of hydrogen-bond donors (Lipinski definition) is 3. The summed E-state index contributed by atoms with van der Waals surface area (Å²) in [5.74, 6) is 2.42. The van der Waals surface area contributed by atoms with Gasteiger partial charge in [0, 0.05) is 31.2 Å². The summed E-state index contributed by atoms with van der Waals surface area (Å²) in [5, 5.41) is 6.00. The van der Waals surface area contributed by atoms with Gasteiger partial charge in [-0.1, -0.05) is 32.1 Å². The van der Waals surface area contributed by atoms with E-state index < -0.39 is 0 Å². The summed E-state index contributed by atoms with van der Waals surface area (Å²) in [4.78, 5) is 17.1. The van der Waals surface area contributed by atoms with Crippen LogP contribution in [0.2, 0.25) is 0 Å². The van der Waals surface area contributed by atoms with Crippen molar-refractivity contribution in [1.29, 1.82) is 0 Å². The van der Waals surface area contributed by atoms with Gasteiger partial charge in [0.15, 0.2) is 17.0 Å². The number of nitrogens with zero attached hydrogens (tertiary/aromatic N) is 6. The molecule has 0 radical (unpaired) electrons. The molecule has 0 bridgehead atoms. The maximum Gasteiger partial charge on any atom is 0.227 e. The van der Waals surface area contributed by atoms with Crippen LogP contribution in [0.3, 0.4) is 0 Å². The first-order chi connectivity index (χ1) is 18.0. The molecule has 4 N–H and O–H groups in total. The number of anilines is 2. The minimum Gasteiger partial charge on any atom is -0.351 e. The average molecular weight is 512 g/mol. The van der Waals surface area contributed by atoms with Crippen LogP contribution in [0.1, 0.15) is 95.9 Å². The fourth-order valence-electron chi connectivity index (χ4n) is 6.48. The predicted octanol–water partition coefficient (Wildman–Crippen LogP) is 4.78. The second-order valence-electron chi connectivity index (χ2n) is 12.1. The molecule has 0 atom stereocenters. The molecule has 37 heavy (non-hydrogen) atoms. The van der Waals surface area contributed by atoms with E-state index in [4.69, 9.17) is 20.7 Å². The normalized spacial score (nSPS) is 24.3. The highest BCUT2D eigenvalue weighted by Crippen LogP contribution is 2.34. The van der Waals surface area contributed by atoms with Crippen LogP contribution in [-0.4, -0.2) is 75.2 Å². The molecule has 1 saturated heterocycles. The minimum absolute atomic E-state index is 0.337. The van der Waals surface area contributed by atoms with Crippen molar-refractivity contribution < 1.29 is 0 Å². The molecule has 0 spiro atoms. The smallest absolute Gasteiger partial charge is 0.227 e. The lowest BCUT2D eigenvalue weighted by Crippen LogP contribution is -2.38. The number of nitrogens with one attached hydrogen (secondary N) is 2. The van der Waals surface area contributed by atoms with Gasteiger partial charge < -0.3 is 25.9 Å². The molecule has 3 fully saturated rings. The quantitative estimate of drug-likeness (QED) is 0.371. The van der Waals surface area contributed by atoms with Crippen molar-refractivity contribution >= 4 is 22.9 Å². The summed E-state index contributed by atoms with van der Waals surface area (Å²) in [6, 6.07) is 1.23. The molecule has 9 nitrogen and oxygen atoms in total. The molecule has 3 aliphatic rings. The fraction of sp³-hybridized carbons (Fsp3) is 0.821. The molecule has 0 amide bonds. The van der Waals surface area contributed by atoms with Crippen LogP contribution in [-0.2, 0) is 0 Å². The van der Waals surface area contributed by atoms with Crippen LogP contribution in [0, 0.1) is 5.92 Å². The highest BCUT2D eigenvalue weighted by atomic mass is 15.5. The minimum atomic E-state index is 0.337. The van der Waals surface area contributed by atoms with Crippen LogP contribution in [0.4, 0.5) is 11.8 Å². The van der Waals surface area contributed by atoms with Gasteiger partial charge in [-0.2, -0.15) is 9.97 Å². The van der Waals surface area contributed by atoms with E-state index in [0.717, 1.165) is 67.6 Å². The Morgan fingerprint density at radius 2 is 1.70 bits per heavy atom. The number of nitrogens with two attached hydrogens (primary N) is 1. The molecular formula is C28H49N9. The summed E-state index contributed by atoms with van der Waals surface area (Å²) in [6.45, 7) is 3.32. The lowest BCUT2D eigenvalue weighted by molar-refractivity contribution is 0.206. The van der Waals surface area contributed by atoms with Crippen LogP contribution in [0.25, 0.3) is 11.2 Å². The van der Waals surface area contributed by atoms with Crippen molar-refractivity contribution in [2.45, 2.75) is 108 Å². The van der Waals surface area contributed by atoms with Crippen molar-refractivity contribution in [2.75, 3.05) is 44.5 Å². The van der Waals surface area contributed by atoms with Crippen LogP contribution in [0.5, 0.6) is 0 Å². The molecule has 206 valence electrons. The SMILES string of the molecule is CN(C)CCCCCC1CCN(Nc2nc(N[C@H]3CC[C@H](N)CC3)nc3c2ncn3C2CCCC2)CC1. The van der Waals surface area contributed by atoms with Gasteiger partial charge in [0.1, 0.15) is 0 Å². The van der Waals surface area contributed by atoms with Gasteiger partial charge >= 0.3 is 0 Å². The molecule has 0 unspecified atom stereocenters. The van der Waals surface area contributed by atoms with Gasteiger partial charge in [0.25, 0.3) is 0 Å². The lowest BCUT2D eigenvalue weighted by atomic mass is 9.92. The highest BCUT2D eigenvalue weighted by molar-refractivity contribution is 5.84.